The van der Waals surface area contributed by atoms with E-state index in [1.807, 2.05) is 18.2 Å². The highest BCUT2D eigenvalue weighted by molar-refractivity contribution is 9.09. The second kappa shape index (κ2) is 3.21. The third-order valence-electron chi connectivity index (χ3n) is 2.07. The van der Waals surface area contributed by atoms with Gasteiger partial charge in [-0.1, -0.05) is 39.1 Å². The Kier molecular flexibility index (Phi) is 2.37. The first-order valence-corrected chi connectivity index (χ1v) is 5.44. The molecule has 0 unspecified atom stereocenters. The van der Waals surface area contributed by atoms with Crippen LogP contribution >= 0.6 is 39.1 Å². The Labute approximate surface area is 90.0 Å². The first-order chi connectivity index (χ1) is 5.68. The summed E-state index contributed by atoms with van der Waals surface area (Å²) in [5.74, 6) is 0.566. The molecule has 0 bridgehead atoms. The zero-order valence-electron chi connectivity index (χ0n) is 6.23. The van der Waals surface area contributed by atoms with Crippen molar-refractivity contribution < 1.29 is 0 Å². The number of halogens is 3. The zero-order chi connectivity index (χ0) is 8.72. The molecule has 0 aromatic heterocycles. The molecule has 2 atom stereocenters. The zero-order valence-corrected chi connectivity index (χ0v) is 9.33. The van der Waals surface area contributed by atoms with E-state index in [1.54, 1.807) is 0 Å². The Morgan fingerprint density at radius 3 is 2.58 bits per heavy atom. The summed E-state index contributed by atoms with van der Waals surface area (Å²) >= 11 is 15.4. The highest BCUT2D eigenvalue weighted by Gasteiger charge is 2.37. The molecule has 2 rings (SSSR count). The molecule has 0 heterocycles. The standard InChI is InChI=1S/C9H7BrCl2/c10-8-4-6(8)7-3-5(11)1-2-9(7)12/h1-3,6,8H,4H2/t6-,8+/m0/s1. The molecule has 64 valence electrons. The normalized spacial score (nSPS) is 27.2. The summed E-state index contributed by atoms with van der Waals surface area (Å²) in [5, 5.41) is 1.59. The van der Waals surface area contributed by atoms with Gasteiger partial charge in [0, 0.05) is 14.9 Å². The Morgan fingerprint density at radius 1 is 1.33 bits per heavy atom. The molecule has 1 aromatic carbocycles. The molecule has 3 heteroatoms. The van der Waals surface area contributed by atoms with Gasteiger partial charge < -0.3 is 0 Å². The molecule has 1 fully saturated rings. The monoisotopic (exact) mass is 264 g/mol. The van der Waals surface area contributed by atoms with Gasteiger partial charge in [0.25, 0.3) is 0 Å². The highest BCUT2D eigenvalue weighted by Crippen LogP contribution is 2.49. The summed E-state index contributed by atoms with van der Waals surface area (Å²) in [6, 6.07) is 5.63. The summed E-state index contributed by atoms with van der Waals surface area (Å²) in [6.07, 6.45) is 1.17. The smallest absolute Gasteiger partial charge is 0.0442 e. The Balaban J connectivity index is 2.36. The van der Waals surface area contributed by atoms with Crippen LogP contribution in [0.4, 0.5) is 0 Å². The van der Waals surface area contributed by atoms with Gasteiger partial charge in [0.2, 0.25) is 0 Å². The minimum Gasteiger partial charge on any atom is -0.0884 e. The number of benzene rings is 1. The van der Waals surface area contributed by atoms with Crippen LogP contribution in [0.15, 0.2) is 18.2 Å². The second-order valence-electron chi connectivity index (χ2n) is 3.02. The van der Waals surface area contributed by atoms with Gasteiger partial charge in [-0.2, -0.15) is 0 Å². The van der Waals surface area contributed by atoms with Gasteiger partial charge in [-0.3, -0.25) is 0 Å². The van der Waals surface area contributed by atoms with Crippen molar-refractivity contribution in [3.8, 4) is 0 Å². The van der Waals surface area contributed by atoms with E-state index in [1.165, 1.54) is 12.0 Å². The quantitative estimate of drug-likeness (QED) is 0.667. The first-order valence-electron chi connectivity index (χ1n) is 3.77. The van der Waals surface area contributed by atoms with Gasteiger partial charge in [0.15, 0.2) is 0 Å². The van der Waals surface area contributed by atoms with Crippen molar-refractivity contribution in [2.75, 3.05) is 0 Å². The first kappa shape index (κ1) is 8.86. The van der Waals surface area contributed by atoms with Crippen LogP contribution in [0.2, 0.25) is 10.0 Å². The van der Waals surface area contributed by atoms with Crippen LogP contribution in [-0.4, -0.2) is 4.83 Å². The van der Waals surface area contributed by atoms with Crippen LogP contribution in [0.25, 0.3) is 0 Å². The maximum Gasteiger partial charge on any atom is 0.0442 e. The molecule has 0 radical (unpaired) electrons. The molecule has 0 saturated heterocycles. The fourth-order valence-electron chi connectivity index (χ4n) is 1.28. The number of hydrogen-bond donors (Lipinski definition) is 0. The van der Waals surface area contributed by atoms with E-state index >= 15 is 0 Å². The highest BCUT2D eigenvalue weighted by atomic mass is 79.9. The summed E-state index contributed by atoms with van der Waals surface area (Å²) < 4.78 is 0. The Bertz CT molecular complexity index is 311. The molecule has 1 aliphatic rings. The number of rotatable bonds is 1. The summed E-state index contributed by atoms with van der Waals surface area (Å²) in [4.78, 5) is 0.591. The van der Waals surface area contributed by atoms with Crippen LogP contribution in [0, 0.1) is 0 Å². The van der Waals surface area contributed by atoms with Gasteiger partial charge in [0.05, 0.1) is 0 Å². The van der Waals surface area contributed by atoms with E-state index < -0.39 is 0 Å². The van der Waals surface area contributed by atoms with Crippen LogP contribution in [-0.2, 0) is 0 Å². The number of hydrogen-bond acceptors (Lipinski definition) is 0. The van der Waals surface area contributed by atoms with E-state index in [9.17, 15) is 0 Å². The third-order valence-corrected chi connectivity index (χ3v) is 3.66. The van der Waals surface area contributed by atoms with Crippen LogP contribution < -0.4 is 0 Å². The van der Waals surface area contributed by atoms with Crippen LogP contribution in [0.1, 0.15) is 17.9 Å². The molecule has 0 N–H and O–H groups in total. The van der Waals surface area contributed by atoms with Crippen molar-refractivity contribution in [3.63, 3.8) is 0 Å². The van der Waals surface area contributed by atoms with E-state index in [2.05, 4.69) is 15.9 Å². The Morgan fingerprint density at radius 2 is 2.00 bits per heavy atom. The van der Waals surface area contributed by atoms with E-state index in [-0.39, 0.29) is 0 Å². The van der Waals surface area contributed by atoms with Gasteiger partial charge in [-0.05, 0) is 36.1 Å². The largest absolute Gasteiger partial charge is 0.0884 e. The summed E-state index contributed by atoms with van der Waals surface area (Å²) in [7, 11) is 0. The van der Waals surface area contributed by atoms with Crippen LogP contribution in [0.3, 0.4) is 0 Å². The average molecular weight is 266 g/mol. The molecule has 1 aromatic rings. The summed E-state index contributed by atoms with van der Waals surface area (Å²) in [5.41, 5.74) is 1.17. The van der Waals surface area contributed by atoms with Gasteiger partial charge in [-0.15, -0.1) is 0 Å². The fourth-order valence-corrected chi connectivity index (χ4v) is 2.41. The SMILES string of the molecule is Clc1ccc(Cl)c([C@@H]2C[C@H]2Br)c1. The molecule has 0 spiro atoms. The van der Waals surface area contributed by atoms with E-state index in [4.69, 9.17) is 23.2 Å². The van der Waals surface area contributed by atoms with Crippen molar-refractivity contribution in [2.24, 2.45) is 0 Å². The van der Waals surface area contributed by atoms with Gasteiger partial charge in [-0.25, -0.2) is 0 Å². The van der Waals surface area contributed by atoms with Crippen LogP contribution in [0.5, 0.6) is 0 Å². The molecular formula is C9H7BrCl2. The molecule has 12 heavy (non-hydrogen) atoms. The molecule has 0 nitrogen and oxygen atoms in total. The fraction of sp³-hybridized carbons (Fsp3) is 0.333. The van der Waals surface area contributed by atoms with Crippen molar-refractivity contribution in [3.05, 3.63) is 33.8 Å². The van der Waals surface area contributed by atoms with E-state index in [0.717, 1.165) is 10.0 Å². The minimum atomic E-state index is 0.566. The number of alkyl halides is 1. The van der Waals surface area contributed by atoms with Gasteiger partial charge >= 0.3 is 0 Å². The predicted molar refractivity (Wildman–Crippen MR) is 56.5 cm³/mol. The molecular weight excluding hydrogens is 259 g/mol. The lowest BCUT2D eigenvalue weighted by molar-refractivity contribution is 1.14. The predicted octanol–water partition coefficient (Wildman–Crippen LogP) is 4.24. The average Bonchev–Trinajstić information content (AvgIpc) is 2.73. The lowest BCUT2D eigenvalue weighted by Crippen LogP contribution is -1.83. The maximum absolute atomic E-state index is 6.02. The van der Waals surface area contributed by atoms with Crippen molar-refractivity contribution >= 4 is 39.1 Å². The second-order valence-corrected chi connectivity index (χ2v) is 5.04. The topological polar surface area (TPSA) is 0 Å². The van der Waals surface area contributed by atoms with Gasteiger partial charge in [0.1, 0.15) is 0 Å². The third kappa shape index (κ3) is 1.63. The maximum atomic E-state index is 6.02. The van der Waals surface area contributed by atoms with Crippen molar-refractivity contribution in [2.45, 2.75) is 17.2 Å². The summed E-state index contributed by atoms with van der Waals surface area (Å²) in [6.45, 7) is 0. The lowest BCUT2D eigenvalue weighted by atomic mass is 10.1. The van der Waals surface area contributed by atoms with Crippen molar-refractivity contribution in [1.29, 1.82) is 0 Å². The molecule has 1 aliphatic carbocycles. The lowest BCUT2D eigenvalue weighted by Gasteiger charge is -2.01. The molecule has 0 amide bonds. The Hall–Kier alpha value is 0.280. The van der Waals surface area contributed by atoms with E-state index in [0.29, 0.717) is 10.7 Å². The van der Waals surface area contributed by atoms with Crippen molar-refractivity contribution in [1.82, 2.24) is 0 Å². The molecule has 1 saturated carbocycles. The minimum absolute atomic E-state index is 0.566. The molecule has 0 aliphatic heterocycles.